The van der Waals surface area contributed by atoms with Gasteiger partial charge in [0.25, 0.3) is 5.91 Å². The molecule has 122 valence electrons. The molecule has 0 radical (unpaired) electrons. The molecule has 0 atom stereocenters. The summed E-state index contributed by atoms with van der Waals surface area (Å²) in [5.74, 6) is 0.749. The van der Waals surface area contributed by atoms with E-state index in [9.17, 15) is 4.79 Å². The molecule has 0 unspecified atom stereocenters. The van der Waals surface area contributed by atoms with Gasteiger partial charge in [0.15, 0.2) is 0 Å². The summed E-state index contributed by atoms with van der Waals surface area (Å²) in [6.45, 7) is 0. The summed E-state index contributed by atoms with van der Waals surface area (Å²) in [5, 5.41) is 9.24. The van der Waals surface area contributed by atoms with Crippen LogP contribution in [0.5, 0.6) is 0 Å². The number of amides is 1. The fraction of sp³-hybridized carbons (Fsp3) is 0.333. The van der Waals surface area contributed by atoms with Gasteiger partial charge in [0.2, 0.25) is 0 Å². The van der Waals surface area contributed by atoms with Crippen LogP contribution in [0.1, 0.15) is 29.8 Å². The van der Waals surface area contributed by atoms with Crippen molar-refractivity contribution in [2.75, 3.05) is 0 Å². The van der Waals surface area contributed by atoms with Gasteiger partial charge in [-0.3, -0.25) is 9.48 Å². The van der Waals surface area contributed by atoms with Gasteiger partial charge < -0.3 is 10.3 Å². The Balaban J connectivity index is 1.66. The van der Waals surface area contributed by atoms with Crippen molar-refractivity contribution < 1.29 is 4.79 Å². The minimum Gasteiger partial charge on any atom is -0.349 e. The Bertz CT molecular complexity index is 969. The summed E-state index contributed by atoms with van der Waals surface area (Å²) in [4.78, 5) is 16.2. The number of para-hydroxylation sites is 1. The van der Waals surface area contributed by atoms with Gasteiger partial charge in [-0.2, -0.15) is 5.10 Å². The number of carbonyl (C=O) groups excluding carboxylic acids is 1. The molecule has 3 aliphatic rings. The number of aromatic nitrogens is 3. The van der Waals surface area contributed by atoms with E-state index in [0.717, 1.165) is 47.3 Å². The zero-order valence-electron chi connectivity index (χ0n) is 13.3. The number of rotatable bonds is 3. The molecule has 0 spiro atoms. The first-order valence-electron chi connectivity index (χ1n) is 8.17. The van der Waals surface area contributed by atoms with Gasteiger partial charge in [-0.15, -0.1) is 0 Å². The quantitative estimate of drug-likeness (QED) is 0.766. The van der Waals surface area contributed by atoms with Gasteiger partial charge >= 0.3 is 0 Å². The molecular weight excluding hydrogens is 324 g/mol. The van der Waals surface area contributed by atoms with E-state index in [1.165, 1.54) is 0 Å². The lowest BCUT2D eigenvalue weighted by molar-refractivity contribution is -0.0439. The molecule has 3 saturated carbocycles. The highest BCUT2D eigenvalue weighted by Gasteiger charge is 2.57. The third-order valence-corrected chi connectivity index (χ3v) is 5.71. The van der Waals surface area contributed by atoms with E-state index in [4.69, 9.17) is 11.6 Å². The van der Waals surface area contributed by atoms with Crippen molar-refractivity contribution in [2.45, 2.75) is 24.8 Å². The minimum atomic E-state index is -0.0685. The molecule has 6 heteroatoms. The molecule has 2 heterocycles. The Labute approximate surface area is 144 Å². The SMILES string of the molecule is Cn1ccc(-c2c(C(=O)NC34CC(C3)C4)[nH]c3c(Cl)cccc23)n1. The molecule has 6 rings (SSSR count). The van der Waals surface area contributed by atoms with E-state index in [1.807, 2.05) is 37.5 Å². The highest BCUT2D eigenvalue weighted by molar-refractivity contribution is 6.35. The first-order valence-corrected chi connectivity index (χ1v) is 8.55. The average molecular weight is 341 g/mol. The van der Waals surface area contributed by atoms with Gasteiger partial charge in [-0.1, -0.05) is 23.7 Å². The molecule has 3 aliphatic carbocycles. The van der Waals surface area contributed by atoms with E-state index in [0.29, 0.717) is 10.7 Å². The number of nitrogens with zero attached hydrogens (tertiary/aromatic N) is 2. The first-order chi connectivity index (χ1) is 11.5. The highest BCUT2D eigenvalue weighted by atomic mass is 35.5. The number of aryl methyl sites for hydroxylation is 1. The molecule has 1 amide bonds. The van der Waals surface area contributed by atoms with Crippen LogP contribution in [-0.2, 0) is 7.05 Å². The van der Waals surface area contributed by atoms with E-state index in [-0.39, 0.29) is 11.4 Å². The zero-order valence-corrected chi connectivity index (χ0v) is 14.0. The van der Waals surface area contributed by atoms with Crippen LogP contribution in [0, 0.1) is 5.92 Å². The molecule has 1 aromatic carbocycles. The van der Waals surface area contributed by atoms with Crippen molar-refractivity contribution in [3.05, 3.63) is 41.2 Å². The van der Waals surface area contributed by atoms with Gasteiger partial charge in [0.05, 0.1) is 16.2 Å². The number of aromatic amines is 1. The third-order valence-electron chi connectivity index (χ3n) is 5.40. The molecule has 2 N–H and O–H groups in total. The molecule has 24 heavy (non-hydrogen) atoms. The molecule has 2 bridgehead atoms. The predicted octanol–water partition coefficient (Wildman–Crippen LogP) is 3.50. The van der Waals surface area contributed by atoms with Crippen molar-refractivity contribution in [3.8, 4) is 11.3 Å². The van der Waals surface area contributed by atoms with Crippen LogP contribution >= 0.6 is 11.6 Å². The van der Waals surface area contributed by atoms with Crippen LogP contribution in [0.15, 0.2) is 30.5 Å². The number of H-pyrrole nitrogens is 1. The number of fused-ring (bicyclic) bond motifs is 1. The minimum absolute atomic E-state index is 0.0320. The second kappa shape index (κ2) is 4.63. The zero-order chi connectivity index (χ0) is 16.5. The van der Waals surface area contributed by atoms with Crippen molar-refractivity contribution >= 4 is 28.4 Å². The fourth-order valence-electron chi connectivity index (χ4n) is 4.10. The number of carbonyl (C=O) groups is 1. The Morgan fingerprint density at radius 1 is 1.38 bits per heavy atom. The van der Waals surface area contributed by atoms with Crippen molar-refractivity contribution in [1.82, 2.24) is 20.1 Å². The van der Waals surface area contributed by atoms with Crippen molar-refractivity contribution in [2.24, 2.45) is 13.0 Å². The molecule has 2 aromatic heterocycles. The van der Waals surface area contributed by atoms with Crippen LogP contribution in [0.2, 0.25) is 5.02 Å². The van der Waals surface area contributed by atoms with Gasteiger partial charge in [-0.25, -0.2) is 0 Å². The van der Waals surface area contributed by atoms with Crippen LogP contribution in [0.25, 0.3) is 22.2 Å². The van der Waals surface area contributed by atoms with Crippen LogP contribution in [-0.4, -0.2) is 26.2 Å². The Hall–Kier alpha value is -2.27. The number of benzene rings is 1. The number of halogens is 1. The van der Waals surface area contributed by atoms with Crippen molar-refractivity contribution in [3.63, 3.8) is 0 Å². The standard InChI is InChI=1S/C18H17ClN4O/c1-23-6-5-13(22-23)14-11-3-2-4-12(19)15(11)20-16(14)17(24)21-18-7-10(8-18)9-18/h2-6,10,20H,7-9H2,1H3,(H,21,24). The summed E-state index contributed by atoms with van der Waals surface area (Å²) < 4.78 is 1.74. The summed E-state index contributed by atoms with van der Waals surface area (Å²) in [7, 11) is 1.87. The van der Waals surface area contributed by atoms with Gasteiger partial charge in [0.1, 0.15) is 5.69 Å². The summed E-state index contributed by atoms with van der Waals surface area (Å²) >= 11 is 6.33. The lowest BCUT2D eigenvalue weighted by Gasteiger charge is -2.61. The van der Waals surface area contributed by atoms with Crippen LogP contribution < -0.4 is 5.32 Å². The maximum absolute atomic E-state index is 12.9. The Morgan fingerprint density at radius 3 is 2.79 bits per heavy atom. The molecule has 0 saturated heterocycles. The van der Waals surface area contributed by atoms with E-state index in [2.05, 4.69) is 15.4 Å². The number of hydrogen-bond donors (Lipinski definition) is 2. The molecular formula is C18H17ClN4O. The lowest BCUT2D eigenvalue weighted by atomic mass is 9.50. The second-order valence-corrected chi connectivity index (χ2v) is 7.53. The highest BCUT2D eigenvalue weighted by Crippen LogP contribution is 2.57. The molecule has 0 aliphatic heterocycles. The molecule has 5 nitrogen and oxygen atoms in total. The fourth-order valence-corrected chi connectivity index (χ4v) is 4.32. The number of hydrogen-bond acceptors (Lipinski definition) is 2. The summed E-state index contributed by atoms with van der Waals surface area (Å²) in [6, 6.07) is 7.61. The maximum Gasteiger partial charge on any atom is 0.268 e. The largest absolute Gasteiger partial charge is 0.349 e. The van der Waals surface area contributed by atoms with E-state index in [1.54, 1.807) is 4.68 Å². The van der Waals surface area contributed by atoms with Crippen molar-refractivity contribution in [1.29, 1.82) is 0 Å². The molecule has 3 aromatic rings. The average Bonchev–Trinajstić information content (AvgIpc) is 3.05. The van der Waals surface area contributed by atoms with E-state index >= 15 is 0 Å². The normalized spacial score (nSPS) is 24.5. The smallest absolute Gasteiger partial charge is 0.268 e. The molecule has 3 fully saturated rings. The monoisotopic (exact) mass is 340 g/mol. The predicted molar refractivity (Wildman–Crippen MR) is 93.0 cm³/mol. The Morgan fingerprint density at radius 2 is 2.17 bits per heavy atom. The third kappa shape index (κ3) is 1.88. The topological polar surface area (TPSA) is 62.7 Å². The van der Waals surface area contributed by atoms with Gasteiger partial charge in [-0.05, 0) is 37.3 Å². The first kappa shape index (κ1) is 14.1. The lowest BCUT2D eigenvalue weighted by Crippen LogP contribution is -2.68. The number of nitrogens with one attached hydrogen (secondary N) is 2. The summed E-state index contributed by atoms with van der Waals surface area (Å²) in [6.07, 6.45) is 5.21. The second-order valence-electron chi connectivity index (χ2n) is 7.12. The Kier molecular flexibility index (Phi) is 2.72. The van der Waals surface area contributed by atoms with Crippen LogP contribution in [0.3, 0.4) is 0 Å². The van der Waals surface area contributed by atoms with Crippen LogP contribution in [0.4, 0.5) is 0 Å². The van der Waals surface area contributed by atoms with E-state index < -0.39 is 0 Å². The van der Waals surface area contributed by atoms with Gasteiger partial charge in [0, 0.05) is 29.7 Å². The maximum atomic E-state index is 12.9. The summed E-state index contributed by atoms with van der Waals surface area (Å²) in [5.41, 5.74) is 2.94.